The number of hydrogen-bond acceptors (Lipinski definition) is 3. The second kappa shape index (κ2) is 4.91. The van der Waals surface area contributed by atoms with Crippen LogP contribution in [0.25, 0.3) is 0 Å². The largest absolute Gasteiger partial charge is 0.327 e. The van der Waals surface area contributed by atoms with Crippen LogP contribution in [0.5, 0.6) is 0 Å². The number of rotatable bonds is 3. The molecule has 2 rings (SSSR count). The van der Waals surface area contributed by atoms with E-state index in [-0.39, 0.29) is 32.8 Å². The molecule has 4 nitrogen and oxygen atoms in total. The first-order valence-corrected chi connectivity index (χ1v) is 8.50. The first-order valence-electron chi connectivity index (χ1n) is 6.63. The van der Waals surface area contributed by atoms with Gasteiger partial charge in [0.15, 0.2) is 0 Å². The molecule has 0 saturated heterocycles. The Balaban J connectivity index is 2.32. The number of nitrogens with two attached hydrogens (primary N) is 1. The highest BCUT2D eigenvalue weighted by atomic mass is 35.5. The van der Waals surface area contributed by atoms with E-state index in [4.69, 9.17) is 17.3 Å². The van der Waals surface area contributed by atoms with Gasteiger partial charge in [-0.1, -0.05) is 39.3 Å². The van der Waals surface area contributed by atoms with Gasteiger partial charge in [0.25, 0.3) is 0 Å². The Labute approximate surface area is 129 Å². The van der Waals surface area contributed by atoms with Crippen LogP contribution < -0.4 is 10.5 Å². The first kappa shape index (κ1) is 16.7. The highest BCUT2D eigenvalue weighted by molar-refractivity contribution is 7.89. The molecule has 3 N–H and O–H groups in total. The molecule has 1 aromatic carbocycles. The van der Waals surface area contributed by atoms with E-state index in [1.807, 2.05) is 27.7 Å². The van der Waals surface area contributed by atoms with E-state index < -0.39 is 15.8 Å². The fourth-order valence-electron chi connectivity index (χ4n) is 3.35. The maximum Gasteiger partial charge on any atom is 0.240 e. The highest BCUT2D eigenvalue weighted by Crippen LogP contribution is 2.52. The predicted molar refractivity (Wildman–Crippen MR) is 81.1 cm³/mol. The molecule has 0 aromatic heterocycles. The van der Waals surface area contributed by atoms with Crippen molar-refractivity contribution in [3.05, 3.63) is 29.0 Å². The summed E-state index contributed by atoms with van der Waals surface area (Å²) < 4.78 is 40.7. The molecule has 0 heterocycles. The van der Waals surface area contributed by atoms with Crippen molar-refractivity contribution in [3.8, 4) is 0 Å². The van der Waals surface area contributed by atoms with Gasteiger partial charge in [0.05, 0.1) is 9.92 Å². The quantitative estimate of drug-likeness (QED) is 0.892. The van der Waals surface area contributed by atoms with Crippen molar-refractivity contribution in [2.45, 2.75) is 44.7 Å². The molecular weight excluding hydrogens is 315 g/mol. The van der Waals surface area contributed by atoms with Crippen molar-refractivity contribution in [2.24, 2.45) is 16.6 Å². The third-order valence-corrected chi connectivity index (χ3v) is 6.28. The van der Waals surface area contributed by atoms with E-state index >= 15 is 0 Å². The van der Waals surface area contributed by atoms with Crippen LogP contribution in [0.15, 0.2) is 23.1 Å². The number of benzene rings is 1. The van der Waals surface area contributed by atoms with Crippen LogP contribution >= 0.6 is 11.6 Å². The first-order chi connectivity index (χ1) is 9.40. The lowest BCUT2D eigenvalue weighted by Crippen LogP contribution is -2.75. The number of halogens is 2. The van der Waals surface area contributed by atoms with Crippen LogP contribution in [0.3, 0.4) is 0 Å². The predicted octanol–water partition coefficient (Wildman–Crippen LogP) is 2.52. The summed E-state index contributed by atoms with van der Waals surface area (Å²) >= 11 is 5.65. The summed E-state index contributed by atoms with van der Waals surface area (Å²) in [6, 6.07) is 2.92. The maximum atomic E-state index is 13.2. The molecular formula is C14H20ClFN2O2S. The van der Waals surface area contributed by atoms with Gasteiger partial charge in [-0.25, -0.2) is 17.5 Å². The van der Waals surface area contributed by atoms with Gasteiger partial charge in [-0.3, -0.25) is 0 Å². The normalized spacial score (nSPS) is 27.2. The van der Waals surface area contributed by atoms with Crippen molar-refractivity contribution in [2.75, 3.05) is 0 Å². The summed E-state index contributed by atoms with van der Waals surface area (Å²) in [5.74, 6) is -0.651. The molecule has 0 unspecified atom stereocenters. The third kappa shape index (κ3) is 2.59. The Morgan fingerprint density at radius 1 is 1.24 bits per heavy atom. The summed E-state index contributed by atoms with van der Waals surface area (Å²) in [5, 5.41) is -0.221. The average molecular weight is 335 g/mol. The van der Waals surface area contributed by atoms with E-state index in [0.29, 0.717) is 0 Å². The van der Waals surface area contributed by atoms with E-state index in [9.17, 15) is 12.8 Å². The molecule has 1 aliphatic carbocycles. The molecule has 7 heteroatoms. The van der Waals surface area contributed by atoms with Gasteiger partial charge in [-0.15, -0.1) is 0 Å². The van der Waals surface area contributed by atoms with Crippen LogP contribution in [0.4, 0.5) is 4.39 Å². The second-order valence-electron chi connectivity index (χ2n) is 6.75. The summed E-state index contributed by atoms with van der Waals surface area (Å²) in [4.78, 5) is -0.0547. The van der Waals surface area contributed by atoms with Gasteiger partial charge in [-0.2, -0.15) is 0 Å². The molecule has 0 atom stereocenters. The van der Waals surface area contributed by atoms with Crippen LogP contribution in [0.2, 0.25) is 5.02 Å². The van der Waals surface area contributed by atoms with Crippen LogP contribution in [0, 0.1) is 16.6 Å². The molecule has 0 amide bonds. The summed E-state index contributed by atoms with van der Waals surface area (Å²) in [7, 11) is -3.78. The maximum absolute atomic E-state index is 13.2. The minimum atomic E-state index is -3.78. The minimum Gasteiger partial charge on any atom is -0.327 e. The average Bonchev–Trinajstić information content (AvgIpc) is 2.38. The lowest BCUT2D eigenvalue weighted by Gasteiger charge is -2.62. The summed E-state index contributed by atoms with van der Waals surface area (Å²) in [5.41, 5.74) is 5.40. The van der Waals surface area contributed by atoms with Gasteiger partial charge >= 0.3 is 0 Å². The fourth-order valence-corrected chi connectivity index (χ4v) is 5.17. The van der Waals surface area contributed by atoms with Crippen molar-refractivity contribution >= 4 is 21.6 Å². The van der Waals surface area contributed by atoms with E-state index in [1.165, 1.54) is 6.07 Å². The smallest absolute Gasteiger partial charge is 0.240 e. The zero-order valence-electron chi connectivity index (χ0n) is 12.4. The monoisotopic (exact) mass is 334 g/mol. The van der Waals surface area contributed by atoms with Crippen LogP contribution in [0.1, 0.15) is 27.7 Å². The molecule has 0 radical (unpaired) electrons. The zero-order chi connectivity index (χ0) is 16.2. The molecule has 1 aromatic rings. The summed E-state index contributed by atoms with van der Waals surface area (Å²) in [6.45, 7) is 7.70. The van der Waals surface area contributed by atoms with E-state index in [0.717, 1.165) is 12.1 Å². The van der Waals surface area contributed by atoms with Crippen molar-refractivity contribution in [3.63, 3.8) is 0 Å². The van der Waals surface area contributed by atoms with Crippen LogP contribution in [-0.4, -0.2) is 20.5 Å². The van der Waals surface area contributed by atoms with Gasteiger partial charge in [-0.05, 0) is 29.0 Å². The SMILES string of the molecule is CC1(C)C(N)C(C)(C)C1NS(=O)(=O)c1ccc(F)c(Cl)c1. The van der Waals surface area contributed by atoms with Crippen molar-refractivity contribution in [1.82, 2.24) is 4.72 Å². The Morgan fingerprint density at radius 3 is 2.24 bits per heavy atom. The molecule has 21 heavy (non-hydrogen) atoms. The lowest BCUT2D eigenvalue weighted by molar-refractivity contribution is -0.0593. The minimum absolute atomic E-state index is 0.0547. The van der Waals surface area contributed by atoms with Gasteiger partial charge < -0.3 is 5.73 Å². The van der Waals surface area contributed by atoms with Gasteiger partial charge in [0.1, 0.15) is 5.82 Å². The summed E-state index contributed by atoms with van der Waals surface area (Å²) in [6.07, 6.45) is 0. The Morgan fingerprint density at radius 2 is 1.76 bits per heavy atom. The Bertz CT molecular complexity index is 658. The number of sulfonamides is 1. The molecule has 1 aliphatic rings. The number of hydrogen-bond donors (Lipinski definition) is 2. The molecule has 1 saturated carbocycles. The standard InChI is InChI=1S/C14H20ClFN2O2S/c1-13(2)11(17)14(3,4)12(13)18-21(19,20)8-5-6-10(16)9(15)7-8/h5-7,11-12,18H,17H2,1-4H3. The van der Waals surface area contributed by atoms with Crippen LogP contribution in [-0.2, 0) is 10.0 Å². The molecule has 0 bridgehead atoms. The highest BCUT2D eigenvalue weighted by Gasteiger charge is 2.61. The van der Waals surface area contributed by atoms with Crippen molar-refractivity contribution < 1.29 is 12.8 Å². The third-order valence-electron chi connectivity index (χ3n) is 4.57. The lowest BCUT2D eigenvalue weighted by atomic mass is 9.49. The Hall–Kier alpha value is -0.690. The van der Waals surface area contributed by atoms with Gasteiger partial charge in [0.2, 0.25) is 10.0 Å². The zero-order valence-corrected chi connectivity index (χ0v) is 14.0. The second-order valence-corrected chi connectivity index (χ2v) is 8.87. The topological polar surface area (TPSA) is 72.2 Å². The Kier molecular flexibility index (Phi) is 3.90. The molecule has 0 aliphatic heterocycles. The number of nitrogens with one attached hydrogen (secondary N) is 1. The fraction of sp³-hybridized carbons (Fsp3) is 0.571. The van der Waals surface area contributed by atoms with Crippen molar-refractivity contribution in [1.29, 1.82) is 0 Å². The molecule has 118 valence electrons. The van der Waals surface area contributed by atoms with E-state index in [2.05, 4.69) is 4.72 Å². The van der Waals surface area contributed by atoms with E-state index in [1.54, 1.807) is 0 Å². The molecule has 0 spiro atoms. The van der Waals surface area contributed by atoms with Gasteiger partial charge in [0, 0.05) is 12.1 Å². The molecule has 1 fully saturated rings.